The van der Waals surface area contributed by atoms with Crippen molar-refractivity contribution in [3.05, 3.63) is 106 Å². The fourth-order valence-corrected chi connectivity index (χ4v) is 5.61. The zero-order chi connectivity index (χ0) is 27.1. The van der Waals surface area contributed by atoms with Gasteiger partial charge in [0.25, 0.3) is 5.91 Å². The second-order valence-corrected chi connectivity index (χ2v) is 10.3. The molecule has 0 saturated carbocycles. The Hall–Kier alpha value is -4.57. The molecule has 0 aliphatic carbocycles. The molecule has 1 aliphatic rings. The average molecular weight is 543 g/mol. The maximum Gasteiger partial charge on any atom is 0.348 e. The number of fused-ring (bicyclic) bond motifs is 1. The topological polar surface area (TPSA) is 89.9 Å². The Morgan fingerprint density at radius 2 is 1.87 bits per heavy atom. The zero-order valence-electron chi connectivity index (χ0n) is 21.1. The summed E-state index contributed by atoms with van der Waals surface area (Å²) in [6, 6.07) is 18.7. The van der Waals surface area contributed by atoms with Gasteiger partial charge in [0.15, 0.2) is 6.61 Å². The van der Waals surface area contributed by atoms with Gasteiger partial charge in [-0.3, -0.25) is 4.79 Å². The van der Waals surface area contributed by atoms with Crippen LogP contribution in [-0.2, 0) is 9.53 Å². The number of amides is 1. The summed E-state index contributed by atoms with van der Waals surface area (Å²) < 4.78 is 26.1. The number of carbonyl (C=O) groups excluding carboxylic acids is 2. The van der Waals surface area contributed by atoms with Gasteiger partial charge in [-0.05, 0) is 61.9 Å². The van der Waals surface area contributed by atoms with Gasteiger partial charge in [-0.15, -0.1) is 11.3 Å². The van der Waals surface area contributed by atoms with Gasteiger partial charge in [-0.25, -0.2) is 18.9 Å². The number of ether oxygens (including phenoxy) is 1. The van der Waals surface area contributed by atoms with Crippen molar-refractivity contribution < 1.29 is 23.1 Å². The smallest absolute Gasteiger partial charge is 0.348 e. The Labute approximate surface area is 226 Å². The Bertz CT molecular complexity index is 1700. The lowest BCUT2D eigenvalue weighted by atomic mass is 10.0. The van der Waals surface area contributed by atoms with Crippen LogP contribution in [0.3, 0.4) is 0 Å². The number of aromatic nitrogens is 2. The molecule has 0 fully saturated rings. The molecule has 196 valence electrons. The fraction of sp³-hybridized carbons (Fsp3) is 0.172. The molecular formula is C29H23FN4O4S. The van der Waals surface area contributed by atoms with Crippen molar-refractivity contribution in [1.82, 2.24) is 14.8 Å². The molecule has 4 heterocycles. The second kappa shape index (κ2) is 9.95. The first-order valence-corrected chi connectivity index (χ1v) is 13.1. The maximum absolute atomic E-state index is 13.4. The third kappa shape index (κ3) is 4.74. The van der Waals surface area contributed by atoms with Crippen LogP contribution in [0, 0.1) is 19.7 Å². The SMILES string of the molecule is Cc1ccc(C2=NN(C(=O)COC(=O)c3cc4c(C)nn(-c5ccc(F)cc5)c4s3)[C@@H](c3ccco3)C2)cc1. The van der Waals surface area contributed by atoms with E-state index in [0.717, 1.165) is 32.7 Å². The van der Waals surface area contributed by atoms with Crippen LogP contribution in [0.25, 0.3) is 15.9 Å². The highest BCUT2D eigenvalue weighted by Gasteiger charge is 2.35. The number of benzene rings is 2. The number of halogens is 1. The minimum Gasteiger partial charge on any atom is -0.467 e. The molecule has 3 aromatic heterocycles. The molecule has 5 aromatic rings. The van der Waals surface area contributed by atoms with Gasteiger partial charge in [0, 0.05) is 11.8 Å². The second-order valence-electron chi connectivity index (χ2n) is 9.27. The quantitative estimate of drug-likeness (QED) is 0.247. The van der Waals surface area contributed by atoms with Crippen LogP contribution < -0.4 is 0 Å². The predicted molar refractivity (Wildman–Crippen MR) is 145 cm³/mol. The monoisotopic (exact) mass is 542 g/mol. The van der Waals surface area contributed by atoms with Gasteiger partial charge >= 0.3 is 5.97 Å². The van der Waals surface area contributed by atoms with Crippen molar-refractivity contribution in [1.29, 1.82) is 0 Å². The summed E-state index contributed by atoms with van der Waals surface area (Å²) in [7, 11) is 0. The van der Waals surface area contributed by atoms with Crippen LogP contribution in [0.4, 0.5) is 4.39 Å². The van der Waals surface area contributed by atoms with E-state index in [9.17, 15) is 14.0 Å². The number of furan rings is 1. The number of thiophene rings is 1. The third-order valence-electron chi connectivity index (χ3n) is 6.57. The molecular weight excluding hydrogens is 519 g/mol. The number of hydrogen-bond donors (Lipinski definition) is 0. The van der Waals surface area contributed by atoms with E-state index >= 15 is 0 Å². The number of hydrazone groups is 1. The number of carbonyl (C=O) groups is 2. The number of nitrogens with zero attached hydrogens (tertiary/aromatic N) is 4. The van der Waals surface area contributed by atoms with E-state index in [1.54, 1.807) is 41.3 Å². The van der Waals surface area contributed by atoms with Crippen molar-refractivity contribution in [3.63, 3.8) is 0 Å². The van der Waals surface area contributed by atoms with Crippen molar-refractivity contribution >= 4 is 39.1 Å². The lowest BCUT2D eigenvalue weighted by Gasteiger charge is -2.19. The van der Waals surface area contributed by atoms with Gasteiger partial charge in [0.05, 0.1) is 23.4 Å². The van der Waals surface area contributed by atoms with Crippen LogP contribution in [-0.4, -0.2) is 39.0 Å². The van der Waals surface area contributed by atoms with Crippen LogP contribution in [0.5, 0.6) is 0 Å². The molecule has 1 aliphatic heterocycles. The fourth-order valence-electron chi connectivity index (χ4n) is 4.53. The molecule has 39 heavy (non-hydrogen) atoms. The molecule has 0 N–H and O–H groups in total. The molecule has 0 unspecified atom stereocenters. The molecule has 0 saturated heterocycles. The van der Waals surface area contributed by atoms with Crippen molar-refractivity contribution in [2.45, 2.75) is 26.3 Å². The zero-order valence-corrected chi connectivity index (χ0v) is 21.9. The first-order chi connectivity index (χ1) is 18.9. The predicted octanol–water partition coefficient (Wildman–Crippen LogP) is 5.97. The van der Waals surface area contributed by atoms with Crippen LogP contribution in [0.1, 0.15) is 44.7 Å². The number of aryl methyl sites for hydroxylation is 2. The Morgan fingerprint density at radius 1 is 1.10 bits per heavy atom. The standard InChI is InChI=1S/C29H23FN4O4S/c1-17-5-7-19(8-6-17)23-15-24(25-4-3-13-37-25)34(32-23)27(35)16-38-29(36)26-14-22-18(2)31-33(28(22)39-26)21-11-9-20(30)10-12-21/h3-14,24H,15-16H2,1-2H3/t24-/m1/s1. The largest absolute Gasteiger partial charge is 0.467 e. The Kier molecular flexibility index (Phi) is 6.32. The van der Waals surface area contributed by atoms with E-state index in [1.807, 2.05) is 38.1 Å². The van der Waals surface area contributed by atoms with Crippen molar-refractivity contribution in [3.8, 4) is 5.69 Å². The summed E-state index contributed by atoms with van der Waals surface area (Å²) in [5.41, 5.74) is 4.19. The minimum atomic E-state index is -0.619. The van der Waals surface area contributed by atoms with E-state index in [4.69, 9.17) is 9.15 Å². The average Bonchev–Trinajstić information content (AvgIpc) is 3.73. The maximum atomic E-state index is 13.4. The van der Waals surface area contributed by atoms with Crippen LogP contribution in [0.15, 0.2) is 82.5 Å². The van der Waals surface area contributed by atoms with Crippen LogP contribution in [0.2, 0.25) is 0 Å². The van der Waals surface area contributed by atoms with Crippen molar-refractivity contribution in [2.24, 2.45) is 5.10 Å². The van der Waals surface area contributed by atoms with Gasteiger partial charge < -0.3 is 9.15 Å². The van der Waals surface area contributed by atoms with E-state index < -0.39 is 24.5 Å². The highest BCUT2D eigenvalue weighted by atomic mass is 32.1. The summed E-state index contributed by atoms with van der Waals surface area (Å²) in [5.74, 6) is -0.819. The summed E-state index contributed by atoms with van der Waals surface area (Å²) in [5, 5.41) is 11.2. The molecule has 0 bridgehead atoms. The number of hydrogen-bond acceptors (Lipinski definition) is 7. The number of esters is 1. The first kappa shape index (κ1) is 24.7. The lowest BCUT2D eigenvalue weighted by molar-refractivity contribution is -0.136. The number of rotatable bonds is 6. The molecule has 10 heteroatoms. The molecule has 6 rings (SSSR count). The van der Waals surface area contributed by atoms with E-state index in [-0.39, 0.29) is 5.82 Å². The molecule has 1 amide bonds. The van der Waals surface area contributed by atoms with E-state index in [0.29, 0.717) is 22.7 Å². The molecule has 0 radical (unpaired) electrons. The molecule has 0 spiro atoms. The summed E-state index contributed by atoms with van der Waals surface area (Å²) in [6.07, 6.45) is 2.03. The molecule has 1 atom stereocenters. The van der Waals surface area contributed by atoms with Gasteiger partial charge in [0.1, 0.15) is 27.3 Å². The minimum absolute atomic E-state index is 0.335. The lowest BCUT2D eigenvalue weighted by Crippen LogP contribution is -2.31. The van der Waals surface area contributed by atoms with Crippen LogP contribution >= 0.6 is 11.3 Å². The Morgan fingerprint density at radius 3 is 2.59 bits per heavy atom. The van der Waals surface area contributed by atoms with E-state index in [1.165, 1.54) is 28.5 Å². The summed E-state index contributed by atoms with van der Waals surface area (Å²) >= 11 is 1.20. The van der Waals surface area contributed by atoms with Gasteiger partial charge in [-0.1, -0.05) is 29.8 Å². The van der Waals surface area contributed by atoms with Gasteiger partial charge in [0.2, 0.25) is 0 Å². The highest BCUT2D eigenvalue weighted by molar-refractivity contribution is 7.20. The van der Waals surface area contributed by atoms with E-state index in [2.05, 4.69) is 10.2 Å². The highest BCUT2D eigenvalue weighted by Crippen LogP contribution is 2.34. The molecule has 8 nitrogen and oxygen atoms in total. The summed E-state index contributed by atoms with van der Waals surface area (Å²) in [4.78, 5) is 27.2. The third-order valence-corrected chi connectivity index (χ3v) is 7.66. The molecule has 2 aromatic carbocycles. The normalized spacial score (nSPS) is 15.1. The first-order valence-electron chi connectivity index (χ1n) is 12.3. The Balaban J connectivity index is 1.20. The summed E-state index contributed by atoms with van der Waals surface area (Å²) in [6.45, 7) is 3.37. The van der Waals surface area contributed by atoms with Crippen molar-refractivity contribution in [2.75, 3.05) is 6.61 Å². The van der Waals surface area contributed by atoms with Gasteiger partial charge in [-0.2, -0.15) is 10.2 Å².